The zero-order valence-electron chi connectivity index (χ0n) is 19.6. The highest BCUT2D eigenvalue weighted by Crippen LogP contribution is 2.24. The van der Waals surface area contributed by atoms with Crippen molar-refractivity contribution < 1.29 is 9.59 Å². The van der Waals surface area contributed by atoms with Crippen molar-refractivity contribution in [2.45, 2.75) is 52.0 Å². The molecular formula is C27H31N3O3. The van der Waals surface area contributed by atoms with E-state index in [0.29, 0.717) is 41.5 Å². The molecule has 33 heavy (non-hydrogen) atoms. The van der Waals surface area contributed by atoms with Crippen LogP contribution in [0.1, 0.15) is 56.0 Å². The molecule has 6 nitrogen and oxygen atoms in total. The first-order chi connectivity index (χ1) is 15.7. The van der Waals surface area contributed by atoms with Crippen LogP contribution in [-0.2, 0) is 16.8 Å². The lowest BCUT2D eigenvalue weighted by atomic mass is 9.87. The lowest BCUT2D eigenvalue weighted by molar-refractivity contribution is -0.127. The maximum atomic E-state index is 13.0. The van der Waals surface area contributed by atoms with Gasteiger partial charge in [0.05, 0.1) is 0 Å². The van der Waals surface area contributed by atoms with Crippen molar-refractivity contribution in [3.63, 3.8) is 0 Å². The fourth-order valence-electron chi connectivity index (χ4n) is 4.29. The molecule has 1 aliphatic rings. The number of hydrogen-bond acceptors (Lipinski definition) is 3. The molecule has 1 N–H and O–H groups in total. The summed E-state index contributed by atoms with van der Waals surface area (Å²) in [6.45, 7) is 8.45. The zero-order chi connectivity index (χ0) is 23.6. The third-order valence-electron chi connectivity index (χ3n) is 6.28. The lowest BCUT2D eigenvalue weighted by Gasteiger charge is -2.19. The van der Waals surface area contributed by atoms with Crippen molar-refractivity contribution in [2.24, 2.45) is 0 Å². The van der Waals surface area contributed by atoms with Crippen LogP contribution < -0.4 is 10.9 Å². The molecule has 0 radical (unpaired) electrons. The molecule has 0 spiro atoms. The largest absolute Gasteiger partial charge is 0.343 e. The van der Waals surface area contributed by atoms with Gasteiger partial charge in [-0.2, -0.15) is 0 Å². The Bertz CT molecular complexity index is 1240. The van der Waals surface area contributed by atoms with E-state index in [1.165, 1.54) is 5.56 Å². The summed E-state index contributed by atoms with van der Waals surface area (Å²) in [7, 11) is 0. The molecule has 2 heterocycles. The average molecular weight is 446 g/mol. The highest BCUT2D eigenvalue weighted by Gasteiger charge is 2.19. The van der Waals surface area contributed by atoms with Crippen molar-refractivity contribution in [3.05, 3.63) is 76.2 Å². The van der Waals surface area contributed by atoms with Gasteiger partial charge in [0.25, 0.3) is 11.5 Å². The highest BCUT2D eigenvalue weighted by molar-refractivity contribution is 6.09. The van der Waals surface area contributed by atoms with Gasteiger partial charge in [0, 0.05) is 54.3 Å². The third kappa shape index (κ3) is 5.00. The lowest BCUT2D eigenvalue weighted by Crippen LogP contribution is -2.28. The van der Waals surface area contributed by atoms with E-state index in [4.69, 9.17) is 0 Å². The number of anilines is 1. The molecule has 0 saturated carbocycles. The van der Waals surface area contributed by atoms with Gasteiger partial charge in [0.15, 0.2) is 0 Å². The fourth-order valence-corrected chi connectivity index (χ4v) is 4.29. The minimum absolute atomic E-state index is 0.0224. The van der Waals surface area contributed by atoms with Crippen molar-refractivity contribution in [3.8, 4) is 0 Å². The maximum Gasteiger partial charge on any atom is 0.258 e. The molecule has 172 valence electrons. The molecule has 1 aromatic heterocycles. The fraction of sp³-hybridized carbons (Fsp3) is 0.370. The molecule has 1 fully saturated rings. The summed E-state index contributed by atoms with van der Waals surface area (Å²) in [5, 5.41) is 4.24. The Morgan fingerprint density at radius 3 is 2.39 bits per heavy atom. The number of amides is 2. The molecule has 0 unspecified atom stereocenters. The summed E-state index contributed by atoms with van der Waals surface area (Å²) in [4.78, 5) is 39.5. The highest BCUT2D eigenvalue weighted by atomic mass is 16.2. The van der Waals surface area contributed by atoms with Gasteiger partial charge < -0.3 is 14.8 Å². The minimum Gasteiger partial charge on any atom is -0.343 e. The van der Waals surface area contributed by atoms with E-state index in [1.54, 1.807) is 22.9 Å². The summed E-state index contributed by atoms with van der Waals surface area (Å²) in [6, 6.07) is 14.9. The van der Waals surface area contributed by atoms with Crippen LogP contribution in [0.2, 0.25) is 0 Å². The number of carbonyl (C=O) groups excluding carboxylic acids is 2. The Morgan fingerprint density at radius 1 is 0.970 bits per heavy atom. The van der Waals surface area contributed by atoms with E-state index in [9.17, 15) is 14.4 Å². The SMILES string of the molecule is CC(C)(C)c1ccc(C(=O)Nc2cccc3c(=O)n(CCCN4CCCC4=O)ccc23)cc1. The molecular weight excluding hydrogens is 414 g/mol. The van der Waals surface area contributed by atoms with Gasteiger partial charge >= 0.3 is 0 Å². The average Bonchev–Trinajstić information content (AvgIpc) is 3.20. The summed E-state index contributed by atoms with van der Waals surface area (Å²) in [5.41, 5.74) is 2.29. The number of aromatic nitrogens is 1. The summed E-state index contributed by atoms with van der Waals surface area (Å²) < 4.78 is 1.68. The van der Waals surface area contributed by atoms with Gasteiger partial charge in [0.2, 0.25) is 5.91 Å². The second-order valence-corrected chi connectivity index (χ2v) is 9.70. The molecule has 4 rings (SSSR count). The van der Waals surface area contributed by atoms with Gasteiger partial charge in [-0.3, -0.25) is 14.4 Å². The number of hydrogen-bond donors (Lipinski definition) is 1. The number of carbonyl (C=O) groups is 2. The summed E-state index contributed by atoms with van der Waals surface area (Å²) >= 11 is 0. The second-order valence-electron chi connectivity index (χ2n) is 9.70. The van der Waals surface area contributed by atoms with Gasteiger partial charge in [-0.25, -0.2) is 0 Å². The van der Waals surface area contributed by atoms with Crippen molar-refractivity contribution in [1.82, 2.24) is 9.47 Å². The van der Waals surface area contributed by atoms with Gasteiger partial charge in [-0.1, -0.05) is 39.0 Å². The van der Waals surface area contributed by atoms with E-state index in [2.05, 4.69) is 26.1 Å². The van der Waals surface area contributed by atoms with E-state index >= 15 is 0 Å². The van der Waals surface area contributed by atoms with Crippen molar-refractivity contribution >= 4 is 28.3 Å². The van der Waals surface area contributed by atoms with Crippen LogP contribution >= 0.6 is 0 Å². The van der Waals surface area contributed by atoms with Crippen LogP contribution in [0.5, 0.6) is 0 Å². The third-order valence-corrected chi connectivity index (χ3v) is 6.28. The number of likely N-dealkylation sites (tertiary alicyclic amines) is 1. The summed E-state index contributed by atoms with van der Waals surface area (Å²) in [6.07, 6.45) is 4.05. The number of rotatable bonds is 6. The second kappa shape index (κ2) is 9.22. The van der Waals surface area contributed by atoms with E-state index < -0.39 is 0 Å². The molecule has 1 saturated heterocycles. The van der Waals surface area contributed by atoms with Crippen LogP contribution in [0, 0.1) is 0 Å². The Hall–Kier alpha value is -3.41. The number of pyridine rings is 1. The molecule has 0 atom stereocenters. The quantitative estimate of drug-likeness (QED) is 0.604. The first-order valence-electron chi connectivity index (χ1n) is 11.6. The van der Waals surface area contributed by atoms with Crippen LogP contribution in [-0.4, -0.2) is 34.4 Å². The van der Waals surface area contributed by atoms with E-state index in [-0.39, 0.29) is 22.8 Å². The van der Waals surface area contributed by atoms with Crippen LogP contribution in [0.3, 0.4) is 0 Å². The Morgan fingerprint density at radius 2 is 1.73 bits per heavy atom. The molecule has 0 aliphatic carbocycles. The molecule has 0 bridgehead atoms. The predicted octanol–water partition coefficient (Wildman–Crippen LogP) is 4.56. The first-order valence-corrected chi connectivity index (χ1v) is 11.6. The maximum absolute atomic E-state index is 13.0. The van der Waals surface area contributed by atoms with Crippen LogP contribution in [0.25, 0.3) is 10.8 Å². The number of benzene rings is 2. The topological polar surface area (TPSA) is 71.4 Å². The standard InChI is InChI=1S/C27H31N3O3/c1-27(2,3)20-12-10-19(11-13-20)25(32)28-23-8-4-7-22-21(23)14-18-30(26(22)33)17-6-16-29-15-5-9-24(29)31/h4,7-8,10-14,18H,5-6,9,15-17H2,1-3H3,(H,28,32). The molecule has 1 aliphatic heterocycles. The van der Waals surface area contributed by atoms with Crippen molar-refractivity contribution in [2.75, 3.05) is 18.4 Å². The van der Waals surface area contributed by atoms with Crippen molar-refractivity contribution in [1.29, 1.82) is 0 Å². The number of fused-ring (bicyclic) bond motifs is 1. The zero-order valence-corrected chi connectivity index (χ0v) is 19.6. The first kappa shape index (κ1) is 22.8. The number of nitrogens with one attached hydrogen (secondary N) is 1. The summed E-state index contributed by atoms with van der Waals surface area (Å²) in [5.74, 6) is -0.00305. The van der Waals surface area contributed by atoms with Gasteiger partial charge in [-0.05, 0) is 54.2 Å². The predicted molar refractivity (Wildman–Crippen MR) is 132 cm³/mol. The molecule has 2 aromatic carbocycles. The molecule has 2 amide bonds. The van der Waals surface area contributed by atoms with Gasteiger partial charge in [0.1, 0.15) is 0 Å². The van der Waals surface area contributed by atoms with E-state index in [0.717, 1.165) is 19.4 Å². The van der Waals surface area contributed by atoms with Crippen LogP contribution in [0.15, 0.2) is 59.5 Å². The Labute approximate surface area is 194 Å². The number of nitrogens with zero attached hydrogens (tertiary/aromatic N) is 2. The minimum atomic E-state index is -0.206. The van der Waals surface area contributed by atoms with Crippen LogP contribution in [0.4, 0.5) is 5.69 Å². The smallest absolute Gasteiger partial charge is 0.258 e. The molecule has 3 aromatic rings. The Balaban J connectivity index is 1.49. The van der Waals surface area contributed by atoms with Gasteiger partial charge in [-0.15, -0.1) is 0 Å². The molecule has 6 heteroatoms. The Kier molecular flexibility index (Phi) is 6.36. The normalized spacial score (nSPS) is 14.2. The van der Waals surface area contributed by atoms with E-state index in [1.807, 2.05) is 41.3 Å². The number of aryl methyl sites for hydroxylation is 1. The monoisotopic (exact) mass is 445 g/mol.